The Labute approximate surface area is 444 Å². The number of sulfonamides is 1. The molecule has 1 atom stereocenters. The Morgan fingerprint density at radius 1 is 0.974 bits per heavy atom. The average Bonchev–Trinajstić information content (AvgIpc) is 3.82. The van der Waals surface area contributed by atoms with E-state index in [9.17, 15) is 32.8 Å². The van der Waals surface area contributed by atoms with E-state index in [4.69, 9.17) is 9.47 Å². The number of piperazine rings is 1. The van der Waals surface area contributed by atoms with Gasteiger partial charge in [0.05, 0.1) is 39.7 Å². The Bertz CT molecular complexity index is 3230. The van der Waals surface area contributed by atoms with Gasteiger partial charge in [0.1, 0.15) is 34.4 Å². The van der Waals surface area contributed by atoms with Gasteiger partial charge in [0, 0.05) is 81.9 Å². The average molecular weight is 1060 g/mol. The van der Waals surface area contributed by atoms with Crippen molar-refractivity contribution in [1.82, 2.24) is 24.5 Å². The van der Waals surface area contributed by atoms with Crippen LogP contribution in [0, 0.1) is 34.2 Å². The van der Waals surface area contributed by atoms with Crippen LogP contribution in [0.1, 0.15) is 117 Å². The second-order valence-corrected chi connectivity index (χ2v) is 24.0. The summed E-state index contributed by atoms with van der Waals surface area (Å²) < 4.78 is 56.5. The summed E-state index contributed by atoms with van der Waals surface area (Å²) in [5.41, 5.74) is 5.29. The summed E-state index contributed by atoms with van der Waals surface area (Å²) in [4.78, 5) is 39.9. The van der Waals surface area contributed by atoms with Gasteiger partial charge in [0.2, 0.25) is 0 Å². The molecule has 16 nitrogen and oxygen atoms in total. The Morgan fingerprint density at radius 3 is 2.47 bits per heavy atom. The zero-order valence-corrected chi connectivity index (χ0v) is 44.8. The van der Waals surface area contributed by atoms with Crippen LogP contribution in [-0.2, 0) is 16.6 Å². The highest BCUT2D eigenvalue weighted by Crippen LogP contribution is 2.53. The summed E-state index contributed by atoms with van der Waals surface area (Å²) >= 11 is 0. The molecule has 1 amide bonds. The van der Waals surface area contributed by atoms with Crippen LogP contribution in [0.5, 0.6) is 17.2 Å². The number of halogens is 1. The Kier molecular flexibility index (Phi) is 14.9. The predicted molar refractivity (Wildman–Crippen MR) is 291 cm³/mol. The summed E-state index contributed by atoms with van der Waals surface area (Å²) in [6.45, 7) is 14.1. The van der Waals surface area contributed by atoms with Crippen molar-refractivity contribution in [2.24, 2.45) is 11.3 Å². The highest BCUT2D eigenvalue weighted by molar-refractivity contribution is 7.90. The van der Waals surface area contributed by atoms with Crippen LogP contribution in [0.25, 0.3) is 11.0 Å². The highest BCUT2D eigenvalue weighted by atomic mass is 32.2. The number of nitro benzene ring substituents is 1. The zero-order valence-electron chi connectivity index (χ0n) is 44.0. The normalized spacial score (nSPS) is 21.4. The molecule has 4 N–H and O–H groups in total. The number of aromatic amines is 1. The first-order valence-electron chi connectivity index (χ1n) is 26.6. The van der Waals surface area contributed by atoms with Gasteiger partial charge in [-0.1, -0.05) is 50.2 Å². The second kappa shape index (κ2) is 21.4. The fourth-order valence-electron chi connectivity index (χ4n) is 12.2. The quantitative estimate of drug-likeness (QED) is 0.0529. The van der Waals surface area contributed by atoms with Gasteiger partial charge in [-0.3, -0.25) is 24.7 Å². The molecule has 6 aromatic rings. The number of nitrogens with zero attached hydrogens (tertiary/aromatic N) is 5. The van der Waals surface area contributed by atoms with E-state index < -0.39 is 42.9 Å². The number of amides is 1. The molecule has 18 heteroatoms. The zero-order chi connectivity index (χ0) is 53.5. The third-order valence-corrected chi connectivity index (χ3v) is 18.0. The number of aromatic nitrogens is 2. The van der Waals surface area contributed by atoms with Gasteiger partial charge in [-0.25, -0.2) is 22.5 Å². The minimum atomic E-state index is -4.64. The molecule has 2 aliphatic heterocycles. The van der Waals surface area contributed by atoms with Gasteiger partial charge in [-0.15, -0.1) is 0 Å². The molecule has 2 aliphatic carbocycles. The molecule has 4 fully saturated rings. The van der Waals surface area contributed by atoms with E-state index in [0.29, 0.717) is 37.0 Å². The molecule has 2 saturated carbocycles. The first-order valence-corrected chi connectivity index (χ1v) is 28.1. The number of aliphatic hydroxyl groups is 1. The summed E-state index contributed by atoms with van der Waals surface area (Å²) in [5, 5.41) is 25.9. The van der Waals surface area contributed by atoms with Crippen molar-refractivity contribution in [3.63, 3.8) is 0 Å². The minimum Gasteiger partial charge on any atom is -0.496 e. The first kappa shape index (κ1) is 52.8. The molecular weight excluding hydrogens is 988 g/mol. The van der Waals surface area contributed by atoms with E-state index in [1.54, 1.807) is 26.2 Å². The molecular formula is C58H69FN8O8S. The van der Waals surface area contributed by atoms with Gasteiger partial charge < -0.3 is 29.8 Å². The van der Waals surface area contributed by atoms with Crippen LogP contribution < -0.4 is 24.4 Å². The smallest absolute Gasteiger partial charge is 0.293 e. The number of methoxy groups -OCH3 is 1. The van der Waals surface area contributed by atoms with Crippen LogP contribution in [0.2, 0.25) is 0 Å². The summed E-state index contributed by atoms with van der Waals surface area (Å²) in [5.74, 6) is 0.0775. The van der Waals surface area contributed by atoms with Crippen molar-refractivity contribution in [1.29, 1.82) is 0 Å². The molecule has 1 spiro atoms. The summed E-state index contributed by atoms with van der Waals surface area (Å²) in [7, 11) is -2.92. The van der Waals surface area contributed by atoms with Crippen molar-refractivity contribution >= 4 is 44.0 Å². The summed E-state index contributed by atoms with van der Waals surface area (Å²) in [6.07, 6.45) is 9.46. The maximum Gasteiger partial charge on any atom is 0.293 e. The van der Waals surface area contributed by atoms with E-state index in [1.807, 2.05) is 0 Å². The van der Waals surface area contributed by atoms with Crippen LogP contribution >= 0.6 is 0 Å². The third kappa shape index (κ3) is 11.3. The number of rotatable bonds is 16. The number of H-pyrrole nitrogens is 1. The lowest BCUT2D eigenvalue weighted by Crippen LogP contribution is -2.60. The van der Waals surface area contributed by atoms with Crippen LogP contribution in [0.3, 0.4) is 0 Å². The molecule has 2 aromatic heterocycles. The van der Waals surface area contributed by atoms with Crippen LogP contribution in [0.15, 0.2) is 102 Å². The number of pyridine rings is 1. The van der Waals surface area contributed by atoms with Gasteiger partial charge in [0.15, 0.2) is 0 Å². The second-order valence-electron chi connectivity index (χ2n) is 22.3. The molecule has 0 radical (unpaired) electrons. The molecule has 4 aliphatic rings. The van der Waals surface area contributed by atoms with Crippen LogP contribution in [0.4, 0.5) is 21.5 Å². The lowest BCUT2D eigenvalue weighted by atomic mass is 9.59. The number of benzene rings is 4. The largest absolute Gasteiger partial charge is 0.496 e. The molecule has 4 aromatic carbocycles. The molecule has 2 saturated heterocycles. The van der Waals surface area contributed by atoms with Gasteiger partial charge in [-0.05, 0) is 141 Å². The maximum absolute atomic E-state index is 14.7. The number of fused-ring (bicyclic) bond motifs is 1. The van der Waals surface area contributed by atoms with Crippen LogP contribution in [-0.4, -0.2) is 102 Å². The minimum absolute atomic E-state index is 0.0226. The maximum atomic E-state index is 14.7. The first-order chi connectivity index (χ1) is 36.4. The fraction of sp³-hybridized carbons (Fsp3) is 0.448. The monoisotopic (exact) mass is 1060 g/mol. The Morgan fingerprint density at radius 2 is 1.74 bits per heavy atom. The number of anilines is 2. The van der Waals surface area contributed by atoms with Crippen molar-refractivity contribution in [3.8, 4) is 17.2 Å². The SMILES string of the molecule is COc1cc(CN2CCN(C3CC4(CCN(c5ccc(C(=O)NS(=O)(=O)c6ccc(NC[C@H]7CC[C@](C)(O)CC7)c([N+](=O)[O-])c6)c(Oc6cnc7[nH]cc(F)c7c6)c5)CC4)C3)[C@H](c3ccccc3C(C)C)C2)ccc1C. The number of nitro groups is 1. The predicted octanol–water partition coefficient (Wildman–Crippen LogP) is 10.6. The summed E-state index contributed by atoms with van der Waals surface area (Å²) in [6, 6.07) is 26.1. The van der Waals surface area contributed by atoms with Crippen molar-refractivity contribution in [3.05, 3.63) is 141 Å². The molecule has 4 heterocycles. The topological polar surface area (TPSA) is 195 Å². The molecule has 0 unspecified atom stereocenters. The van der Waals surface area contributed by atoms with Gasteiger partial charge in [0.25, 0.3) is 21.6 Å². The number of hydrogen-bond acceptors (Lipinski definition) is 13. The number of ether oxygens (including phenoxy) is 2. The fourth-order valence-corrected chi connectivity index (χ4v) is 13.2. The number of piperidine rings is 1. The number of carbonyl (C=O) groups excluding carboxylic acids is 1. The van der Waals surface area contributed by atoms with E-state index in [1.165, 1.54) is 53.3 Å². The molecule has 10 rings (SSSR count). The lowest BCUT2D eigenvalue weighted by Gasteiger charge is -2.58. The van der Waals surface area contributed by atoms with Crippen molar-refractivity contribution < 1.29 is 37.1 Å². The highest BCUT2D eigenvalue weighted by Gasteiger charge is 2.50. The molecule has 0 bridgehead atoms. The lowest BCUT2D eigenvalue weighted by molar-refractivity contribution is -0.384. The van der Waals surface area contributed by atoms with E-state index >= 15 is 0 Å². The number of carbonyl (C=O) groups is 1. The molecule has 402 valence electrons. The van der Waals surface area contributed by atoms with E-state index in [-0.39, 0.29) is 45.5 Å². The number of aryl methyl sites for hydroxylation is 1. The third-order valence-electron chi connectivity index (χ3n) is 16.7. The van der Waals surface area contributed by atoms with Gasteiger partial charge >= 0.3 is 0 Å². The van der Waals surface area contributed by atoms with Crippen molar-refractivity contribution in [2.75, 3.05) is 56.6 Å². The standard InChI is InChI=1S/C58H69FN8O8S/c1-37(2)45-8-6-7-9-46(45)52-36-64(35-40-11-10-38(3)53(26-40)74-5)24-25-66(52)42-30-58(31-42)20-22-65(23-21-58)41-12-14-47(54(27-41)75-43-28-48-49(59)34-62-55(48)61-33-43)56(68)63-76(72,73)44-13-15-50(51(29-44)67(70)71)60-32-39-16-18-57(4,69)19-17-39/h6-15,26-29,33-34,37,39,42,52,60,69H,16-25,30-32,35-36H2,1-5H3,(H,61,62)(H,63,68)/t39-,52-,57-/m0/s1. The van der Waals surface area contributed by atoms with Crippen molar-refractivity contribution in [2.45, 2.75) is 114 Å². The van der Waals surface area contributed by atoms with Gasteiger partial charge in [-0.2, -0.15) is 0 Å². The molecule has 76 heavy (non-hydrogen) atoms. The number of hydrogen-bond donors (Lipinski definition) is 4. The van der Waals surface area contributed by atoms with E-state index in [2.05, 4.69) is 97.9 Å². The Balaban J connectivity index is 0.839. The Hall–Kier alpha value is -6.60. The number of nitrogens with one attached hydrogen (secondary N) is 3. The van der Waals surface area contributed by atoms with E-state index in [0.717, 1.165) is 101 Å².